The van der Waals surface area contributed by atoms with Crippen molar-refractivity contribution in [1.82, 2.24) is 0 Å². The molecule has 8 aromatic rings. The molecular weight excluding hydrogens is 571 g/mol. The third kappa shape index (κ3) is 4.66. The fraction of sp³-hybridized carbons (Fsp3) is 0.150. The summed E-state index contributed by atoms with van der Waals surface area (Å²) in [4.78, 5) is 0. The number of hydrogen-bond donors (Lipinski definition) is 1. The molecule has 0 aliphatic rings. The lowest BCUT2D eigenvalue weighted by molar-refractivity contribution is -0.0893. The predicted octanol–water partition coefficient (Wildman–Crippen LogP) is 10.3. The Balaban J connectivity index is 1.26. The number of furan rings is 1. The van der Waals surface area contributed by atoms with E-state index in [0.717, 1.165) is 38.4 Å². The SMILES string of the molecule is CC(C)(O)C(C)(C)O[B]c1cccc(-c2cccc3sc4ccc(-c5cccc6oc7c8ccccc8ccc7c56)cc4c23)c1. The van der Waals surface area contributed by atoms with Crippen LogP contribution in [0.5, 0.6) is 0 Å². The highest BCUT2D eigenvalue weighted by atomic mass is 32.1. The first-order chi connectivity index (χ1) is 21.7. The zero-order valence-electron chi connectivity index (χ0n) is 25.7. The van der Waals surface area contributed by atoms with Crippen LogP contribution in [0.2, 0.25) is 0 Å². The van der Waals surface area contributed by atoms with Gasteiger partial charge in [-0.05, 0) is 85.7 Å². The summed E-state index contributed by atoms with van der Waals surface area (Å²) in [6.45, 7) is 7.34. The molecule has 219 valence electrons. The highest BCUT2D eigenvalue weighted by Crippen LogP contribution is 2.44. The van der Waals surface area contributed by atoms with Crippen LogP contribution in [0.15, 0.2) is 120 Å². The van der Waals surface area contributed by atoms with Crippen LogP contribution in [0.1, 0.15) is 27.7 Å². The Kier molecular flexibility index (Phi) is 6.44. The van der Waals surface area contributed by atoms with Crippen molar-refractivity contribution in [3.05, 3.63) is 115 Å². The molecule has 1 N–H and O–H groups in total. The third-order valence-corrected chi connectivity index (χ3v) is 10.5. The zero-order chi connectivity index (χ0) is 30.9. The van der Waals surface area contributed by atoms with Gasteiger partial charge in [-0.2, -0.15) is 0 Å². The molecule has 0 saturated heterocycles. The monoisotopic (exact) mass is 603 g/mol. The largest absolute Gasteiger partial charge is 0.455 e. The number of fused-ring (bicyclic) bond motifs is 8. The summed E-state index contributed by atoms with van der Waals surface area (Å²) in [5, 5.41) is 17.6. The van der Waals surface area contributed by atoms with Gasteiger partial charge >= 0.3 is 7.48 Å². The van der Waals surface area contributed by atoms with E-state index >= 15 is 0 Å². The van der Waals surface area contributed by atoms with Gasteiger partial charge in [0.25, 0.3) is 0 Å². The molecule has 0 aliphatic carbocycles. The van der Waals surface area contributed by atoms with Crippen molar-refractivity contribution in [3.63, 3.8) is 0 Å². The lowest BCUT2D eigenvalue weighted by Crippen LogP contribution is -2.49. The van der Waals surface area contributed by atoms with E-state index in [1.54, 1.807) is 21.3 Å². The fourth-order valence-electron chi connectivity index (χ4n) is 6.17. The van der Waals surface area contributed by atoms with Crippen molar-refractivity contribution in [3.8, 4) is 22.3 Å². The highest BCUT2D eigenvalue weighted by Gasteiger charge is 2.35. The van der Waals surface area contributed by atoms with Crippen LogP contribution in [0.25, 0.3) is 75.1 Å². The maximum Gasteiger partial charge on any atom is 0.330 e. The molecule has 45 heavy (non-hydrogen) atoms. The van der Waals surface area contributed by atoms with Crippen LogP contribution in [-0.2, 0) is 4.65 Å². The smallest absolute Gasteiger partial charge is 0.330 e. The molecule has 0 unspecified atom stereocenters. The standard InChI is InChI=1S/C40H32BO3S/c1-39(2,42)40(3,4)44-41-27-12-7-11-25(22-27)29-15-9-17-35-37(29)32-23-26(19-21-34(32)45-35)28-14-8-16-33-36(28)31-20-18-24-10-5-6-13-30(24)38(31)43-33/h5-23,42H,1-4H3. The topological polar surface area (TPSA) is 42.6 Å². The Bertz CT molecular complexity index is 2410. The lowest BCUT2D eigenvalue weighted by atomic mass is 9.81. The average molecular weight is 604 g/mol. The van der Waals surface area contributed by atoms with E-state index < -0.39 is 11.2 Å². The summed E-state index contributed by atoms with van der Waals surface area (Å²) >= 11 is 1.83. The van der Waals surface area contributed by atoms with Crippen LogP contribution < -0.4 is 5.46 Å². The molecule has 5 heteroatoms. The van der Waals surface area contributed by atoms with Gasteiger partial charge in [0.05, 0.1) is 11.2 Å². The molecule has 1 radical (unpaired) electrons. The van der Waals surface area contributed by atoms with Crippen LogP contribution in [0, 0.1) is 0 Å². The van der Waals surface area contributed by atoms with Crippen LogP contribution in [0.3, 0.4) is 0 Å². The minimum Gasteiger partial charge on any atom is -0.455 e. The average Bonchev–Trinajstić information content (AvgIpc) is 3.62. The molecular formula is C40H32BO3S. The van der Waals surface area contributed by atoms with Crippen molar-refractivity contribution < 1.29 is 14.2 Å². The van der Waals surface area contributed by atoms with E-state index in [9.17, 15) is 5.11 Å². The number of thiophene rings is 1. The van der Waals surface area contributed by atoms with Gasteiger partial charge in [0.15, 0.2) is 0 Å². The minimum absolute atomic E-state index is 0.737. The minimum atomic E-state index is -0.985. The molecule has 2 heterocycles. The molecule has 3 nitrogen and oxygen atoms in total. The molecule has 0 atom stereocenters. The van der Waals surface area contributed by atoms with E-state index in [-0.39, 0.29) is 0 Å². The van der Waals surface area contributed by atoms with Crippen molar-refractivity contribution >= 4 is 77.2 Å². The van der Waals surface area contributed by atoms with Gasteiger partial charge in [0, 0.05) is 36.3 Å². The van der Waals surface area contributed by atoms with Crippen molar-refractivity contribution in [2.45, 2.75) is 38.9 Å². The maximum absolute atomic E-state index is 10.5. The van der Waals surface area contributed by atoms with E-state index in [2.05, 4.69) is 109 Å². The summed E-state index contributed by atoms with van der Waals surface area (Å²) in [5.41, 5.74) is 5.72. The number of hydrogen-bond acceptors (Lipinski definition) is 4. The number of benzene rings is 6. The van der Waals surface area contributed by atoms with Gasteiger partial charge < -0.3 is 14.2 Å². The second-order valence-corrected chi connectivity index (χ2v) is 14.0. The third-order valence-electron chi connectivity index (χ3n) is 9.35. The van der Waals surface area contributed by atoms with Gasteiger partial charge in [-0.1, -0.05) is 90.4 Å². The van der Waals surface area contributed by atoms with Crippen LogP contribution in [-0.4, -0.2) is 23.8 Å². The number of rotatable bonds is 6. The predicted molar refractivity (Wildman–Crippen MR) is 192 cm³/mol. The Hall–Kier alpha value is -4.42. The summed E-state index contributed by atoms with van der Waals surface area (Å²) in [5.74, 6) is 0. The normalized spacial score (nSPS) is 12.6. The van der Waals surface area contributed by atoms with Gasteiger partial charge in [-0.15, -0.1) is 11.3 Å². The first-order valence-electron chi connectivity index (χ1n) is 15.3. The molecule has 0 fully saturated rings. The van der Waals surface area contributed by atoms with Crippen molar-refractivity contribution in [1.29, 1.82) is 0 Å². The Morgan fingerprint density at radius 1 is 0.644 bits per heavy atom. The molecule has 0 amide bonds. The second kappa shape index (κ2) is 10.3. The first kappa shape index (κ1) is 28.1. The molecule has 0 aliphatic heterocycles. The molecule has 2 aromatic heterocycles. The fourth-order valence-corrected chi connectivity index (χ4v) is 7.28. The van der Waals surface area contributed by atoms with Gasteiger partial charge in [-0.25, -0.2) is 0 Å². The Morgan fingerprint density at radius 2 is 1.40 bits per heavy atom. The summed E-state index contributed by atoms with van der Waals surface area (Å²) < 4.78 is 15.1. The van der Waals surface area contributed by atoms with Crippen LogP contribution in [0.4, 0.5) is 0 Å². The molecule has 0 saturated carbocycles. The highest BCUT2D eigenvalue weighted by molar-refractivity contribution is 7.26. The molecule has 0 bridgehead atoms. The summed E-state index contributed by atoms with van der Waals surface area (Å²) in [7, 11) is 1.75. The molecule has 8 rings (SSSR count). The maximum atomic E-state index is 10.5. The lowest BCUT2D eigenvalue weighted by Gasteiger charge is -2.37. The Labute approximate surface area is 267 Å². The van der Waals surface area contributed by atoms with E-state index in [0.29, 0.717) is 0 Å². The second-order valence-electron chi connectivity index (χ2n) is 12.9. The number of aliphatic hydroxyl groups is 1. The zero-order valence-corrected chi connectivity index (χ0v) is 26.5. The van der Waals surface area contributed by atoms with E-state index in [1.807, 2.05) is 31.3 Å². The molecule has 6 aromatic carbocycles. The van der Waals surface area contributed by atoms with E-state index in [1.165, 1.54) is 42.2 Å². The molecule has 0 spiro atoms. The van der Waals surface area contributed by atoms with Gasteiger partial charge in [0.1, 0.15) is 11.2 Å². The van der Waals surface area contributed by atoms with E-state index in [4.69, 9.17) is 9.07 Å². The van der Waals surface area contributed by atoms with Crippen molar-refractivity contribution in [2.24, 2.45) is 0 Å². The van der Waals surface area contributed by atoms with Gasteiger partial charge in [-0.3, -0.25) is 0 Å². The summed E-state index contributed by atoms with van der Waals surface area (Å²) in [6.07, 6.45) is 0. The first-order valence-corrected chi connectivity index (χ1v) is 16.1. The van der Waals surface area contributed by atoms with Crippen molar-refractivity contribution in [2.75, 3.05) is 0 Å². The Morgan fingerprint density at radius 3 is 2.24 bits per heavy atom. The van der Waals surface area contributed by atoms with Gasteiger partial charge in [0.2, 0.25) is 0 Å². The quantitative estimate of drug-likeness (QED) is 0.192. The van der Waals surface area contributed by atoms with Crippen LogP contribution >= 0.6 is 11.3 Å². The summed E-state index contributed by atoms with van der Waals surface area (Å²) in [6, 6.07) is 41.0.